The molecule has 0 aliphatic carbocycles. The Hall–Kier alpha value is -2.29. The minimum absolute atomic E-state index is 0.0356. The first-order valence-electron chi connectivity index (χ1n) is 10.6. The van der Waals surface area contributed by atoms with Crippen LogP contribution in [0.3, 0.4) is 0 Å². The van der Waals surface area contributed by atoms with Crippen LogP contribution in [0.5, 0.6) is 0 Å². The maximum Gasteiger partial charge on any atom is 0.278 e. The summed E-state index contributed by atoms with van der Waals surface area (Å²) in [5, 5.41) is 5.03. The topological polar surface area (TPSA) is 63.5 Å². The molecule has 1 saturated heterocycles. The molecule has 160 valence electrons. The average Bonchev–Trinajstić information content (AvgIpc) is 3.34. The fraction of sp³-hybridized carbons (Fsp3) is 0.500. The molecule has 4 rings (SSSR count). The summed E-state index contributed by atoms with van der Waals surface area (Å²) in [6.07, 6.45) is 3.55. The first kappa shape index (κ1) is 21.0. The van der Waals surface area contributed by atoms with Crippen LogP contribution in [0.4, 0.5) is 5.13 Å². The van der Waals surface area contributed by atoms with E-state index in [1.54, 1.807) is 22.2 Å². The lowest BCUT2D eigenvalue weighted by atomic mass is 10.1. The number of ether oxygens (including phenoxy) is 1. The largest absolute Gasteiger partial charge is 0.379 e. The molecule has 3 heterocycles. The van der Waals surface area contributed by atoms with E-state index in [0.29, 0.717) is 12.2 Å². The van der Waals surface area contributed by atoms with Crippen LogP contribution in [0, 0.1) is 6.92 Å². The van der Waals surface area contributed by atoms with E-state index in [9.17, 15) is 4.79 Å². The van der Waals surface area contributed by atoms with Crippen LogP contribution in [0.1, 0.15) is 35.0 Å². The van der Waals surface area contributed by atoms with Gasteiger partial charge in [-0.3, -0.25) is 19.3 Å². The van der Waals surface area contributed by atoms with Gasteiger partial charge in [-0.25, -0.2) is 4.98 Å². The van der Waals surface area contributed by atoms with E-state index in [0.717, 1.165) is 66.6 Å². The SMILES string of the molecule is CCc1cccc2sc(N(CCCN3CCOCC3)C(=O)c3c(C)cnn3C)nc12. The monoisotopic (exact) mass is 427 g/mol. The van der Waals surface area contributed by atoms with Gasteiger partial charge in [0.05, 0.1) is 29.6 Å². The Balaban J connectivity index is 1.62. The molecule has 1 aromatic carbocycles. The van der Waals surface area contributed by atoms with Gasteiger partial charge in [0.15, 0.2) is 5.13 Å². The number of hydrogen-bond acceptors (Lipinski definition) is 6. The molecule has 0 saturated carbocycles. The number of aryl methyl sites for hydroxylation is 3. The standard InChI is InChI=1S/C22H29N5O2S/c1-4-17-7-5-8-18-19(17)24-22(30-18)27(10-6-9-26-11-13-29-14-12-26)21(28)20-16(2)15-23-25(20)3/h5,7-8,15H,4,6,9-14H2,1-3H3. The second-order valence-electron chi connectivity index (χ2n) is 7.68. The van der Waals surface area contributed by atoms with Crippen molar-refractivity contribution in [1.82, 2.24) is 19.7 Å². The number of amides is 1. The van der Waals surface area contributed by atoms with Gasteiger partial charge in [-0.05, 0) is 37.0 Å². The second kappa shape index (κ2) is 9.24. The molecule has 1 aliphatic heterocycles. The van der Waals surface area contributed by atoms with E-state index < -0.39 is 0 Å². The molecule has 0 N–H and O–H groups in total. The second-order valence-corrected chi connectivity index (χ2v) is 8.69. The fourth-order valence-electron chi connectivity index (χ4n) is 3.94. The van der Waals surface area contributed by atoms with Crippen molar-refractivity contribution >= 4 is 32.6 Å². The highest BCUT2D eigenvalue weighted by Gasteiger charge is 2.26. The predicted octanol–water partition coefficient (Wildman–Crippen LogP) is 3.27. The summed E-state index contributed by atoms with van der Waals surface area (Å²) in [6, 6.07) is 6.27. The summed E-state index contributed by atoms with van der Waals surface area (Å²) < 4.78 is 8.23. The van der Waals surface area contributed by atoms with Gasteiger partial charge in [0.2, 0.25) is 0 Å². The van der Waals surface area contributed by atoms with Crippen LogP contribution < -0.4 is 4.90 Å². The van der Waals surface area contributed by atoms with Crippen molar-refractivity contribution in [2.45, 2.75) is 26.7 Å². The van der Waals surface area contributed by atoms with E-state index in [1.807, 2.05) is 18.9 Å². The van der Waals surface area contributed by atoms with Crippen LogP contribution in [0.15, 0.2) is 24.4 Å². The quantitative estimate of drug-likeness (QED) is 0.579. The minimum atomic E-state index is -0.0356. The van der Waals surface area contributed by atoms with E-state index in [4.69, 9.17) is 9.72 Å². The molecule has 1 amide bonds. The number of nitrogens with zero attached hydrogens (tertiary/aromatic N) is 5. The molecule has 3 aromatic rings. The van der Waals surface area contributed by atoms with Crippen LogP contribution in [0.2, 0.25) is 0 Å². The molecule has 2 aromatic heterocycles. The molecule has 1 fully saturated rings. The summed E-state index contributed by atoms with van der Waals surface area (Å²) >= 11 is 1.59. The number of carbonyl (C=O) groups is 1. The fourth-order valence-corrected chi connectivity index (χ4v) is 4.98. The third-order valence-electron chi connectivity index (χ3n) is 5.63. The Morgan fingerprint density at radius 3 is 2.80 bits per heavy atom. The number of thiazole rings is 1. The number of aromatic nitrogens is 3. The molecule has 0 atom stereocenters. The maximum absolute atomic E-state index is 13.6. The van der Waals surface area contributed by atoms with Gasteiger partial charge in [0.1, 0.15) is 5.69 Å². The summed E-state index contributed by atoms with van der Waals surface area (Å²) in [6.45, 7) is 9.12. The molecule has 8 heteroatoms. The Labute approximate surface area is 181 Å². The Bertz CT molecular complexity index is 1000. The summed E-state index contributed by atoms with van der Waals surface area (Å²) in [5.41, 5.74) is 3.73. The number of carbonyl (C=O) groups excluding carboxylic acids is 1. The minimum Gasteiger partial charge on any atom is -0.379 e. The highest BCUT2D eigenvalue weighted by Crippen LogP contribution is 2.32. The zero-order chi connectivity index (χ0) is 21.1. The lowest BCUT2D eigenvalue weighted by molar-refractivity contribution is 0.0376. The van der Waals surface area contributed by atoms with Crippen molar-refractivity contribution in [3.8, 4) is 0 Å². The number of rotatable bonds is 7. The average molecular weight is 428 g/mol. The molecule has 0 bridgehead atoms. The van der Waals surface area contributed by atoms with E-state index in [-0.39, 0.29) is 5.91 Å². The van der Waals surface area contributed by atoms with Crippen molar-refractivity contribution in [2.24, 2.45) is 7.05 Å². The van der Waals surface area contributed by atoms with Crippen molar-refractivity contribution in [3.05, 3.63) is 41.2 Å². The number of fused-ring (bicyclic) bond motifs is 1. The van der Waals surface area contributed by atoms with Gasteiger partial charge in [-0.15, -0.1) is 0 Å². The number of morpholine rings is 1. The number of hydrogen-bond donors (Lipinski definition) is 0. The van der Waals surface area contributed by atoms with Gasteiger partial charge in [0, 0.05) is 33.2 Å². The Kier molecular flexibility index (Phi) is 6.46. The molecular weight excluding hydrogens is 398 g/mol. The maximum atomic E-state index is 13.6. The number of para-hydroxylation sites is 1. The van der Waals surface area contributed by atoms with Gasteiger partial charge >= 0.3 is 0 Å². The van der Waals surface area contributed by atoms with E-state index in [1.165, 1.54) is 5.56 Å². The Morgan fingerprint density at radius 2 is 2.10 bits per heavy atom. The molecular formula is C22H29N5O2S. The lowest BCUT2D eigenvalue weighted by Crippen LogP contribution is -2.39. The first-order chi connectivity index (χ1) is 14.6. The molecule has 7 nitrogen and oxygen atoms in total. The van der Waals surface area contributed by atoms with Crippen LogP contribution in [-0.2, 0) is 18.2 Å². The van der Waals surface area contributed by atoms with Crippen molar-refractivity contribution < 1.29 is 9.53 Å². The summed E-state index contributed by atoms with van der Waals surface area (Å²) in [7, 11) is 1.82. The van der Waals surface area contributed by atoms with Crippen molar-refractivity contribution in [3.63, 3.8) is 0 Å². The van der Waals surface area contributed by atoms with Gasteiger partial charge < -0.3 is 4.74 Å². The molecule has 1 aliphatic rings. The first-order valence-corrected chi connectivity index (χ1v) is 11.4. The van der Waals surface area contributed by atoms with Crippen LogP contribution >= 0.6 is 11.3 Å². The lowest BCUT2D eigenvalue weighted by Gasteiger charge is -2.27. The summed E-state index contributed by atoms with van der Waals surface area (Å²) in [5.74, 6) is -0.0356. The van der Waals surface area contributed by atoms with E-state index >= 15 is 0 Å². The van der Waals surface area contributed by atoms with Gasteiger partial charge in [0.25, 0.3) is 5.91 Å². The zero-order valence-corrected chi connectivity index (χ0v) is 18.7. The van der Waals surface area contributed by atoms with Crippen molar-refractivity contribution in [2.75, 3.05) is 44.3 Å². The van der Waals surface area contributed by atoms with Crippen molar-refractivity contribution in [1.29, 1.82) is 0 Å². The molecule has 0 radical (unpaired) electrons. The molecule has 30 heavy (non-hydrogen) atoms. The number of benzene rings is 1. The molecule has 0 spiro atoms. The normalized spacial score (nSPS) is 15.0. The van der Waals surface area contributed by atoms with Gasteiger partial charge in [-0.1, -0.05) is 30.4 Å². The molecule has 0 unspecified atom stereocenters. The Morgan fingerprint density at radius 1 is 1.30 bits per heavy atom. The zero-order valence-electron chi connectivity index (χ0n) is 17.9. The predicted molar refractivity (Wildman–Crippen MR) is 120 cm³/mol. The van der Waals surface area contributed by atoms with Crippen LogP contribution in [-0.4, -0.2) is 65.0 Å². The third kappa shape index (κ3) is 4.26. The summed E-state index contributed by atoms with van der Waals surface area (Å²) in [4.78, 5) is 22.7. The highest BCUT2D eigenvalue weighted by molar-refractivity contribution is 7.22. The number of anilines is 1. The smallest absolute Gasteiger partial charge is 0.278 e. The van der Waals surface area contributed by atoms with Crippen LogP contribution in [0.25, 0.3) is 10.2 Å². The third-order valence-corrected chi connectivity index (χ3v) is 6.68. The highest BCUT2D eigenvalue weighted by atomic mass is 32.1. The van der Waals surface area contributed by atoms with E-state index in [2.05, 4.69) is 35.1 Å². The van der Waals surface area contributed by atoms with Gasteiger partial charge in [-0.2, -0.15) is 5.10 Å².